The zero-order valence-corrected chi connectivity index (χ0v) is 20.6. The molecule has 190 valence electrons. The van der Waals surface area contributed by atoms with E-state index in [0.717, 1.165) is 22.7 Å². The maximum Gasteiger partial charge on any atom is 0.416 e. The molecule has 1 atom stereocenters. The third-order valence-electron chi connectivity index (χ3n) is 7.12. The predicted octanol–water partition coefficient (Wildman–Crippen LogP) is 5.74. The number of aromatic nitrogens is 4. The number of fused-ring (bicyclic) bond motifs is 3. The van der Waals surface area contributed by atoms with E-state index in [-0.39, 0.29) is 5.56 Å². The van der Waals surface area contributed by atoms with Gasteiger partial charge in [0, 0.05) is 51.1 Å². The molecule has 1 aliphatic rings. The fraction of sp³-hybridized carbons (Fsp3) is 0.423. The first-order valence-electron chi connectivity index (χ1n) is 11.9. The number of halogens is 3. The van der Waals surface area contributed by atoms with Gasteiger partial charge in [-0.25, -0.2) is 15.0 Å². The summed E-state index contributed by atoms with van der Waals surface area (Å²) >= 11 is 0. The first-order valence-corrected chi connectivity index (χ1v) is 11.9. The van der Waals surface area contributed by atoms with Crippen LogP contribution in [0.15, 0.2) is 36.7 Å². The Labute approximate surface area is 206 Å². The fourth-order valence-electron chi connectivity index (χ4n) is 5.21. The van der Waals surface area contributed by atoms with Gasteiger partial charge in [0.2, 0.25) is 0 Å². The summed E-state index contributed by atoms with van der Waals surface area (Å²) in [4.78, 5) is 13.9. The van der Waals surface area contributed by atoms with Gasteiger partial charge in [-0.05, 0) is 44.0 Å². The van der Waals surface area contributed by atoms with E-state index in [0.29, 0.717) is 48.9 Å². The van der Waals surface area contributed by atoms with Gasteiger partial charge in [0.1, 0.15) is 22.9 Å². The maximum atomic E-state index is 13.5. The number of nitrogens with one attached hydrogen (secondary N) is 1. The number of pyridine rings is 1. The Morgan fingerprint density at radius 3 is 2.58 bits per heavy atom. The quantitative estimate of drug-likeness (QED) is 0.378. The molecule has 5 rings (SSSR count). The van der Waals surface area contributed by atoms with Crippen LogP contribution >= 0.6 is 0 Å². The maximum absolute atomic E-state index is 13.5. The Morgan fingerprint density at radius 1 is 1.14 bits per heavy atom. The summed E-state index contributed by atoms with van der Waals surface area (Å²) in [5, 5.41) is 4.10. The van der Waals surface area contributed by atoms with Crippen LogP contribution in [0.3, 0.4) is 0 Å². The van der Waals surface area contributed by atoms with Gasteiger partial charge in [0.15, 0.2) is 5.65 Å². The smallest absolute Gasteiger partial charge is 0.381 e. The van der Waals surface area contributed by atoms with Crippen molar-refractivity contribution < 1.29 is 22.6 Å². The number of imidazole rings is 1. The number of nitrogens with zero attached hydrogens (tertiary/aromatic N) is 4. The summed E-state index contributed by atoms with van der Waals surface area (Å²) < 4.78 is 54.1. The molecule has 3 aromatic heterocycles. The van der Waals surface area contributed by atoms with Gasteiger partial charge in [-0.15, -0.1) is 0 Å². The van der Waals surface area contributed by atoms with Crippen molar-refractivity contribution in [3.8, 4) is 0 Å². The average molecular weight is 500 g/mol. The number of hydrogen-bond acceptors (Lipinski definition) is 6. The number of hydrogen-bond donors (Lipinski definition) is 1. The zero-order valence-electron chi connectivity index (χ0n) is 20.6. The summed E-state index contributed by atoms with van der Waals surface area (Å²) in [6.45, 7) is 6.26. The van der Waals surface area contributed by atoms with E-state index in [4.69, 9.17) is 9.47 Å². The van der Waals surface area contributed by atoms with E-state index in [1.807, 2.05) is 23.6 Å². The highest BCUT2D eigenvalue weighted by atomic mass is 19.4. The van der Waals surface area contributed by atoms with Crippen LogP contribution in [0.4, 0.5) is 19.0 Å². The van der Waals surface area contributed by atoms with Gasteiger partial charge in [-0.1, -0.05) is 12.1 Å². The van der Waals surface area contributed by atoms with Crippen molar-refractivity contribution in [2.24, 2.45) is 0 Å². The fourth-order valence-corrected chi connectivity index (χ4v) is 5.21. The second-order valence-corrected chi connectivity index (χ2v) is 9.23. The van der Waals surface area contributed by atoms with Gasteiger partial charge in [-0.2, -0.15) is 13.2 Å². The van der Waals surface area contributed by atoms with Crippen LogP contribution in [0, 0.1) is 13.8 Å². The van der Waals surface area contributed by atoms with Crippen LogP contribution in [0.25, 0.3) is 16.7 Å². The molecule has 0 saturated carbocycles. The molecule has 1 aromatic carbocycles. The van der Waals surface area contributed by atoms with Crippen molar-refractivity contribution in [1.82, 2.24) is 19.4 Å². The molecular weight excluding hydrogens is 471 g/mol. The minimum absolute atomic E-state index is 0.193. The van der Waals surface area contributed by atoms with Crippen molar-refractivity contribution >= 4 is 22.5 Å². The largest absolute Gasteiger partial charge is 0.416 e. The highest BCUT2D eigenvalue weighted by Gasteiger charge is 2.38. The van der Waals surface area contributed by atoms with Crippen LogP contribution < -0.4 is 5.32 Å². The lowest BCUT2D eigenvalue weighted by Crippen LogP contribution is -2.36. The summed E-state index contributed by atoms with van der Waals surface area (Å²) in [6, 6.07) is 5.81. The second kappa shape index (κ2) is 9.01. The molecule has 0 unspecified atom stereocenters. The van der Waals surface area contributed by atoms with E-state index < -0.39 is 23.4 Å². The Hall–Kier alpha value is -3.24. The highest BCUT2D eigenvalue weighted by molar-refractivity contribution is 5.90. The molecule has 1 saturated heterocycles. The first-order chi connectivity index (χ1) is 17.1. The van der Waals surface area contributed by atoms with Crippen molar-refractivity contribution in [2.75, 3.05) is 25.6 Å². The number of methoxy groups -OCH3 is 1. The molecule has 36 heavy (non-hydrogen) atoms. The van der Waals surface area contributed by atoms with Crippen molar-refractivity contribution in [2.45, 2.75) is 51.4 Å². The molecule has 1 aliphatic heterocycles. The molecule has 0 aliphatic carbocycles. The predicted molar refractivity (Wildman–Crippen MR) is 130 cm³/mol. The number of aryl methyl sites for hydroxylation is 1. The molecule has 4 heterocycles. The Balaban J connectivity index is 1.66. The Morgan fingerprint density at radius 2 is 1.89 bits per heavy atom. The molecule has 0 bridgehead atoms. The minimum atomic E-state index is -4.42. The van der Waals surface area contributed by atoms with Crippen LogP contribution in [-0.4, -0.2) is 39.7 Å². The number of anilines is 1. The normalized spacial score (nSPS) is 17.0. The van der Waals surface area contributed by atoms with E-state index >= 15 is 0 Å². The molecule has 1 N–H and O–H groups in total. The average Bonchev–Trinajstić information content (AvgIpc) is 3.34. The molecule has 0 amide bonds. The highest BCUT2D eigenvalue weighted by Crippen LogP contribution is 2.40. The van der Waals surface area contributed by atoms with Gasteiger partial charge in [0.25, 0.3) is 0 Å². The van der Waals surface area contributed by atoms with E-state index in [1.165, 1.54) is 13.0 Å². The van der Waals surface area contributed by atoms with Gasteiger partial charge >= 0.3 is 6.18 Å². The second-order valence-electron chi connectivity index (χ2n) is 9.23. The van der Waals surface area contributed by atoms with Crippen molar-refractivity contribution in [3.05, 3.63) is 64.7 Å². The van der Waals surface area contributed by atoms with E-state index in [1.54, 1.807) is 26.3 Å². The number of benzene rings is 1. The lowest BCUT2D eigenvalue weighted by molar-refractivity contribution is -0.138. The third kappa shape index (κ3) is 4.08. The van der Waals surface area contributed by atoms with E-state index in [9.17, 15) is 13.2 Å². The molecule has 0 radical (unpaired) electrons. The van der Waals surface area contributed by atoms with Gasteiger partial charge in [0.05, 0.1) is 17.0 Å². The van der Waals surface area contributed by atoms with Crippen LogP contribution in [0.2, 0.25) is 0 Å². The molecular formula is C26H28F3N5O2. The molecule has 4 aromatic rings. The van der Waals surface area contributed by atoms with Crippen LogP contribution in [-0.2, 0) is 21.3 Å². The van der Waals surface area contributed by atoms with Crippen LogP contribution in [0.5, 0.6) is 0 Å². The molecule has 0 spiro atoms. The summed E-state index contributed by atoms with van der Waals surface area (Å²) in [5.74, 6) is 1.07. The molecule has 10 heteroatoms. The SMILES string of the molecule is COC1(c2cc3c(N[C@H](C)c4cccc(C(F)(F)F)c4C)nc(C)nc3n3ccnc23)CCOCC1. The number of rotatable bonds is 5. The summed E-state index contributed by atoms with van der Waals surface area (Å²) in [6.07, 6.45) is 0.498. The van der Waals surface area contributed by atoms with E-state index in [2.05, 4.69) is 20.3 Å². The van der Waals surface area contributed by atoms with Crippen molar-refractivity contribution in [3.63, 3.8) is 0 Å². The third-order valence-corrected chi connectivity index (χ3v) is 7.12. The van der Waals surface area contributed by atoms with Gasteiger partial charge < -0.3 is 14.8 Å². The Bertz CT molecular complexity index is 1430. The monoisotopic (exact) mass is 499 g/mol. The lowest BCUT2D eigenvalue weighted by atomic mass is 9.86. The minimum Gasteiger partial charge on any atom is -0.381 e. The molecule has 1 fully saturated rings. The summed E-state index contributed by atoms with van der Waals surface area (Å²) in [5.41, 5.74) is 1.84. The van der Waals surface area contributed by atoms with Crippen molar-refractivity contribution in [1.29, 1.82) is 0 Å². The number of ether oxygens (including phenoxy) is 2. The zero-order chi connectivity index (χ0) is 25.7. The number of alkyl halides is 3. The van der Waals surface area contributed by atoms with Crippen LogP contribution in [0.1, 0.15) is 53.9 Å². The lowest BCUT2D eigenvalue weighted by Gasteiger charge is -2.36. The summed E-state index contributed by atoms with van der Waals surface area (Å²) in [7, 11) is 1.69. The molecule has 7 nitrogen and oxygen atoms in total. The topological polar surface area (TPSA) is 73.6 Å². The first kappa shape index (κ1) is 24.5. The Kier molecular flexibility index (Phi) is 6.12. The van der Waals surface area contributed by atoms with Gasteiger partial charge in [-0.3, -0.25) is 4.40 Å². The standard InChI is InChI=1S/C26H28F3N5O2/c1-15-18(6-5-7-20(15)26(27,28)29)16(2)31-22-19-14-21(25(35-4)8-12-36-13-9-25)24-30-10-11-34(24)23(19)33-17(3)32-22/h5-7,10-11,14,16H,8-9,12-13H2,1-4H3,(H,31,32,33)/t16-/m1/s1.